The van der Waals surface area contributed by atoms with Gasteiger partial charge in [-0.2, -0.15) is 5.10 Å². The average molecular weight is 254 g/mol. The number of hydrogen-bond acceptors (Lipinski definition) is 4. The Balaban J connectivity index is 2.96. The fourth-order valence-corrected chi connectivity index (χ4v) is 1.25. The monoisotopic (exact) mass is 253 g/mol. The Labute approximate surface area is 104 Å². The highest BCUT2D eigenvalue weighted by molar-refractivity contribution is 6.29. The highest BCUT2D eigenvalue weighted by Crippen LogP contribution is 2.08. The zero-order chi connectivity index (χ0) is 12.8. The van der Waals surface area contributed by atoms with Gasteiger partial charge in [-0.15, -0.1) is 0 Å². The molecule has 0 atom stereocenters. The van der Waals surface area contributed by atoms with Crippen LogP contribution in [0.4, 0.5) is 0 Å². The molecule has 1 aromatic rings. The SMILES string of the molecule is CC(=O)C/C(=N/NC(C)=O)c1ccc(Cl)nc1. The molecule has 0 bridgehead atoms. The zero-order valence-electron chi connectivity index (χ0n) is 9.53. The Morgan fingerprint density at radius 3 is 2.59 bits per heavy atom. The number of nitrogens with one attached hydrogen (secondary N) is 1. The molecule has 0 saturated carbocycles. The second kappa shape index (κ2) is 6.10. The summed E-state index contributed by atoms with van der Waals surface area (Å²) < 4.78 is 0. The van der Waals surface area contributed by atoms with Gasteiger partial charge in [0.25, 0.3) is 0 Å². The van der Waals surface area contributed by atoms with Crippen LogP contribution in [0, 0.1) is 0 Å². The number of hydrazone groups is 1. The molecule has 0 fully saturated rings. The summed E-state index contributed by atoms with van der Waals surface area (Å²) in [5.74, 6) is -0.350. The minimum absolute atomic E-state index is 0.0518. The molecular formula is C11H12ClN3O2. The summed E-state index contributed by atoms with van der Waals surface area (Å²) in [4.78, 5) is 25.8. The largest absolute Gasteiger partial charge is 0.300 e. The molecule has 1 amide bonds. The van der Waals surface area contributed by atoms with E-state index < -0.39 is 0 Å². The maximum atomic E-state index is 11.1. The number of ketones is 1. The van der Waals surface area contributed by atoms with Crippen molar-refractivity contribution < 1.29 is 9.59 Å². The standard InChI is InChI=1S/C11H12ClN3O2/c1-7(16)5-10(15-14-8(2)17)9-3-4-11(12)13-6-9/h3-4,6H,5H2,1-2H3,(H,14,17)/b15-10-. The quantitative estimate of drug-likeness (QED) is 0.503. The van der Waals surface area contributed by atoms with Gasteiger partial charge in [0.2, 0.25) is 5.91 Å². The molecule has 0 aliphatic heterocycles. The fraction of sp³-hybridized carbons (Fsp3) is 0.273. The van der Waals surface area contributed by atoms with Crippen molar-refractivity contribution in [1.29, 1.82) is 0 Å². The summed E-state index contributed by atoms with van der Waals surface area (Å²) in [5.41, 5.74) is 3.41. The van der Waals surface area contributed by atoms with Crippen LogP contribution >= 0.6 is 11.6 Å². The van der Waals surface area contributed by atoms with E-state index in [9.17, 15) is 9.59 Å². The van der Waals surface area contributed by atoms with E-state index in [1.54, 1.807) is 12.1 Å². The van der Waals surface area contributed by atoms with Crippen molar-refractivity contribution in [3.05, 3.63) is 29.0 Å². The van der Waals surface area contributed by atoms with Crippen LogP contribution in [0.5, 0.6) is 0 Å². The summed E-state index contributed by atoms with van der Waals surface area (Å²) in [6.45, 7) is 2.79. The van der Waals surface area contributed by atoms with E-state index in [0.29, 0.717) is 16.4 Å². The lowest BCUT2D eigenvalue weighted by Crippen LogP contribution is -2.18. The van der Waals surface area contributed by atoms with Crippen LogP contribution in [-0.2, 0) is 9.59 Å². The van der Waals surface area contributed by atoms with Crippen molar-refractivity contribution >= 4 is 29.0 Å². The van der Waals surface area contributed by atoms with Gasteiger partial charge in [-0.05, 0) is 19.1 Å². The number of aromatic nitrogens is 1. The lowest BCUT2D eigenvalue weighted by Gasteiger charge is -2.04. The molecule has 1 N–H and O–H groups in total. The number of Topliss-reactive ketones (excluding diaryl/α,β-unsaturated/α-hetero) is 1. The Morgan fingerprint density at radius 1 is 1.41 bits per heavy atom. The Bertz CT molecular complexity index is 454. The van der Waals surface area contributed by atoms with Gasteiger partial charge in [0.1, 0.15) is 10.9 Å². The number of halogens is 1. The first-order valence-corrected chi connectivity index (χ1v) is 5.31. The minimum atomic E-state index is -0.298. The summed E-state index contributed by atoms with van der Waals surface area (Å²) in [6.07, 6.45) is 1.63. The molecule has 90 valence electrons. The van der Waals surface area contributed by atoms with Gasteiger partial charge < -0.3 is 0 Å². The number of hydrogen-bond donors (Lipinski definition) is 1. The van der Waals surface area contributed by atoms with Crippen molar-refractivity contribution in [3.8, 4) is 0 Å². The van der Waals surface area contributed by atoms with E-state index in [1.165, 1.54) is 20.0 Å². The highest BCUT2D eigenvalue weighted by Gasteiger charge is 2.08. The Kier molecular flexibility index (Phi) is 4.78. The predicted molar refractivity (Wildman–Crippen MR) is 64.9 cm³/mol. The maximum absolute atomic E-state index is 11.1. The minimum Gasteiger partial charge on any atom is -0.300 e. The van der Waals surface area contributed by atoms with Crippen LogP contribution in [-0.4, -0.2) is 22.4 Å². The van der Waals surface area contributed by atoms with E-state index in [2.05, 4.69) is 15.5 Å². The van der Waals surface area contributed by atoms with Gasteiger partial charge in [0.15, 0.2) is 0 Å². The molecule has 1 heterocycles. The zero-order valence-corrected chi connectivity index (χ0v) is 10.3. The first kappa shape index (κ1) is 13.3. The molecule has 0 aromatic carbocycles. The van der Waals surface area contributed by atoms with Crippen LogP contribution in [0.2, 0.25) is 5.15 Å². The Hall–Kier alpha value is -1.75. The van der Waals surface area contributed by atoms with E-state index in [1.807, 2.05) is 0 Å². The second-order valence-corrected chi connectivity index (χ2v) is 3.86. The van der Waals surface area contributed by atoms with E-state index >= 15 is 0 Å². The number of carbonyl (C=O) groups is 2. The van der Waals surface area contributed by atoms with Gasteiger partial charge in [-0.1, -0.05) is 11.6 Å². The molecular weight excluding hydrogens is 242 g/mol. The van der Waals surface area contributed by atoms with Gasteiger partial charge in [0, 0.05) is 18.7 Å². The molecule has 1 rings (SSSR count). The number of amides is 1. The summed E-state index contributed by atoms with van der Waals surface area (Å²) in [5, 5.41) is 4.23. The molecule has 0 unspecified atom stereocenters. The highest BCUT2D eigenvalue weighted by atomic mass is 35.5. The molecule has 5 nitrogen and oxygen atoms in total. The lowest BCUT2D eigenvalue weighted by atomic mass is 10.1. The van der Waals surface area contributed by atoms with Crippen molar-refractivity contribution in [3.63, 3.8) is 0 Å². The number of carbonyl (C=O) groups excluding carboxylic acids is 2. The topological polar surface area (TPSA) is 71.4 Å². The smallest absolute Gasteiger partial charge is 0.236 e. The van der Waals surface area contributed by atoms with Gasteiger partial charge in [-0.25, -0.2) is 10.4 Å². The molecule has 0 aliphatic carbocycles. The summed E-state index contributed by atoms with van der Waals surface area (Å²) in [6, 6.07) is 3.29. The van der Waals surface area contributed by atoms with E-state index in [-0.39, 0.29) is 18.1 Å². The van der Waals surface area contributed by atoms with Crippen molar-refractivity contribution in [2.24, 2.45) is 5.10 Å². The molecule has 0 saturated heterocycles. The fourth-order valence-electron chi connectivity index (χ4n) is 1.13. The van der Waals surface area contributed by atoms with Crippen LogP contribution in [0.3, 0.4) is 0 Å². The van der Waals surface area contributed by atoms with Gasteiger partial charge in [0.05, 0.1) is 12.1 Å². The number of rotatable bonds is 4. The van der Waals surface area contributed by atoms with Crippen molar-refractivity contribution in [2.45, 2.75) is 20.3 Å². The van der Waals surface area contributed by atoms with Gasteiger partial charge >= 0.3 is 0 Å². The summed E-state index contributed by atoms with van der Waals surface area (Å²) >= 11 is 5.66. The molecule has 0 spiro atoms. The normalized spacial score (nSPS) is 11.1. The molecule has 6 heteroatoms. The molecule has 0 aliphatic rings. The third kappa shape index (κ3) is 4.74. The first-order valence-electron chi connectivity index (χ1n) is 4.93. The third-order valence-electron chi connectivity index (χ3n) is 1.83. The predicted octanol–water partition coefficient (Wildman–Crippen LogP) is 1.55. The van der Waals surface area contributed by atoms with Crippen LogP contribution in [0.15, 0.2) is 23.4 Å². The second-order valence-electron chi connectivity index (χ2n) is 3.47. The van der Waals surface area contributed by atoms with Crippen molar-refractivity contribution in [2.75, 3.05) is 0 Å². The van der Waals surface area contributed by atoms with Gasteiger partial charge in [-0.3, -0.25) is 9.59 Å². The first-order chi connectivity index (χ1) is 7.99. The van der Waals surface area contributed by atoms with Crippen molar-refractivity contribution in [1.82, 2.24) is 10.4 Å². The molecule has 1 aromatic heterocycles. The molecule has 17 heavy (non-hydrogen) atoms. The summed E-state index contributed by atoms with van der Waals surface area (Å²) in [7, 11) is 0. The Morgan fingerprint density at radius 2 is 2.12 bits per heavy atom. The molecule has 0 radical (unpaired) electrons. The maximum Gasteiger partial charge on any atom is 0.236 e. The third-order valence-corrected chi connectivity index (χ3v) is 2.05. The number of pyridine rings is 1. The number of nitrogens with zero attached hydrogens (tertiary/aromatic N) is 2. The average Bonchev–Trinajstić information content (AvgIpc) is 2.25. The lowest BCUT2D eigenvalue weighted by molar-refractivity contribution is -0.119. The van der Waals surface area contributed by atoms with Crippen LogP contribution in [0.25, 0.3) is 0 Å². The van der Waals surface area contributed by atoms with E-state index in [0.717, 1.165) is 0 Å². The van der Waals surface area contributed by atoms with Crippen LogP contribution < -0.4 is 5.43 Å². The van der Waals surface area contributed by atoms with Crippen LogP contribution in [0.1, 0.15) is 25.8 Å². The van der Waals surface area contributed by atoms with E-state index in [4.69, 9.17) is 11.6 Å².